The van der Waals surface area contributed by atoms with Gasteiger partial charge in [-0.15, -0.1) is 0 Å². The summed E-state index contributed by atoms with van der Waals surface area (Å²) in [7, 11) is 3.62. The third-order valence-corrected chi connectivity index (χ3v) is 9.87. The number of anilines is 2. The fourth-order valence-electron chi connectivity index (χ4n) is 7.26. The first kappa shape index (κ1) is 27.6. The number of nitrogens with zero attached hydrogens (tertiary/aromatic N) is 5. The van der Waals surface area contributed by atoms with E-state index in [-0.39, 0.29) is 18.0 Å². The third-order valence-electron chi connectivity index (χ3n) is 9.87. The Hall–Kier alpha value is -4.90. The molecule has 3 aromatic heterocycles. The van der Waals surface area contributed by atoms with E-state index in [1.807, 2.05) is 46.8 Å². The van der Waals surface area contributed by atoms with Crippen molar-refractivity contribution in [3.05, 3.63) is 65.7 Å². The smallest absolute Gasteiger partial charge is 0.254 e. The molecule has 0 radical (unpaired) electrons. The van der Waals surface area contributed by atoms with Gasteiger partial charge in [-0.2, -0.15) is 0 Å². The van der Waals surface area contributed by atoms with Crippen LogP contribution in [0.5, 0.6) is 5.75 Å². The highest BCUT2D eigenvalue weighted by Crippen LogP contribution is 2.40. The quantitative estimate of drug-likeness (QED) is 0.238. The maximum absolute atomic E-state index is 13.7. The molecule has 2 saturated carbocycles. The Bertz CT molecular complexity index is 1990. The molecule has 2 aliphatic carbocycles. The number of pyridine rings is 1. The van der Waals surface area contributed by atoms with Gasteiger partial charge in [-0.1, -0.05) is 0 Å². The number of nitrogens with two attached hydrogens (primary N) is 2. The maximum atomic E-state index is 13.7. The Balaban J connectivity index is 1.18. The molecule has 11 heteroatoms. The van der Waals surface area contributed by atoms with Gasteiger partial charge in [0.2, 0.25) is 5.91 Å². The van der Waals surface area contributed by atoms with Crippen LogP contribution < -0.4 is 21.5 Å². The number of amides is 2. The van der Waals surface area contributed by atoms with Crippen LogP contribution in [-0.4, -0.2) is 61.6 Å². The lowest BCUT2D eigenvalue weighted by atomic mass is 10.1. The second-order valence-electron chi connectivity index (χ2n) is 12.7. The predicted molar refractivity (Wildman–Crippen MR) is 172 cm³/mol. The molecule has 0 spiro atoms. The molecule has 45 heavy (non-hydrogen) atoms. The molecule has 8 rings (SSSR count). The summed E-state index contributed by atoms with van der Waals surface area (Å²) in [6, 6.07) is 17.0. The summed E-state index contributed by atoms with van der Waals surface area (Å²) in [4.78, 5) is 37.2. The first-order chi connectivity index (χ1) is 21.8. The summed E-state index contributed by atoms with van der Waals surface area (Å²) in [5.41, 5.74) is 17.0. The third kappa shape index (κ3) is 4.61. The van der Waals surface area contributed by atoms with Crippen molar-refractivity contribution in [3.8, 4) is 17.3 Å². The van der Waals surface area contributed by atoms with Gasteiger partial charge in [0.1, 0.15) is 22.7 Å². The molecule has 3 atom stereocenters. The number of primary amides is 1. The SMILES string of the molecule is COc1cc(C(=O)N2CC3CCC2[C@@H]3N)cc2nc(-c3cc4ccc(Nc5ccc(C(N)=O)cc5)nc4n3CC3CC3)n(C)c12. The van der Waals surface area contributed by atoms with Crippen LogP contribution in [0.3, 0.4) is 0 Å². The van der Waals surface area contributed by atoms with Gasteiger partial charge in [0.25, 0.3) is 5.91 Å². The summed E-state index contributed by atoms with van der Waals surface area (Å²) in [5.74, 6) is 2.59. The summed E-state index contributed by atoms with van der Waals surface area (Å²) in [5, 5.41) is 4.36. The van der Waals surface area contributed by atoms with Crippen molar-refractivity contribution in [1.82, 2.24) is 24.0 Å². The number of ether oxygens (including phenoxy) is 1. The molecule has 2 unspecified atom stereocenters. The lowest BCUT2D eigenvalue weighted by Gasteiger charge is -2.27. The van der Waals surface area contributed by atoms with Gasteiger partial charge < -0.3 is 35.6 Å². The van der Waals surface area contributed by atoms with Gasteiger partial charge in [-0.05, 0) is 92.1 Å². The lowest BCUT2D eigenvalue weighted by Crippen LogP contribution is -2.41. The minimum absolute atomic E-state index is 0.0126. The van der Waals surface area contributed by atoms with Crippen molar-refractivity contribution in [2.24, 2.45) is 30.4 Å². The number of nitrogens with one attached hydrogen (secondary N) is 1. The highest BCUT2D eigenvalue weighted by atomic mass is 16.5. The van der Waals surface area contributed by atoms with E-state index in [0.717, 1.165) is 53.1 Å². The number of piperidine rings is 1. The molecule has 5 aromatic rings. The molecule has 11 nitrogen and oxygen atoms in total. The number of likely N-dealkylation sites (tertiary alicyclic amines) is 1. The molecular formula is C34H36N8O3. The Morgan fingerprint density at radius 2 is 1.80 bits per heavy atom. The number of carbonyl (C=O) groups excluding carboxylic acids is 2. The van der Waals surface area contributed by atoms with Crippen LogP contribution in [0.25, 0.3) is 33.6 Å². The fraction of sp³-hybridized carbons (Fsp3) is 0.353. The van der Waals surface area contributed by atoms with E-state index in [4.69, 9.17) is 26.2 Å². The van der Waals surface area contributed by atoms with Gasteiger partial charge in [0.15, 0.2) is 5.82 Å². The molecule has 3 aliphatic rings. The molecule has 1 saturated heterocycles. The van der Waals surface area contributed by atoms with Crippen molar-refractivity contribution in [3.63, 3.8) is 0 Å². The van der Waals surface area contributed by atoms with Gasteiger partial charge in [0.05, 0.1) is 18.3 Å². The molecule has 2 amide bonds. The van der Waals surface area contributed by atoms with Gasteiger partial charge in [-0.25, -0.2) is 9.97 Å². The highest BCUT2D eigenvalue weighted by Gasteiger charge is 2.47. The molecule has 4 heterocycles. The lowest BCUT2D eigenvalue weighted by molar-refractivity contribution is 0.0700. The topological polar surface area (TPSA) is 146 Å². The minimum Gasteiger partial charge on any atom is -0.494 e. The van der Waals surface area contributed by atoms with Crippen LogP contribution in [0.15, 0.2) is 54.6 Å². The van der Waals surface area contributed by atoms with Crippen LogP contribution in [0.2, 0.25) is 0 Å². The Labute approximate surface area is 260 Å². The Morgan fingerprint density at radius 3 is 2.47 bits per heavy atom. The number of methoxy groups -OCH3 is 1. The van der Waals surface area contributed by atoms with E-state index in [1.165, 1.54) is 12.8 Å². The number of aromatic nitrogens is 4. The summed E-state index contributed by atoms with van der Waals surface area (Å²) in [6.07, 6.45) is 4.43. The molecule has 5 N–H and O–H groups in total. The van der Waals surface area contributed by atoms with E-state index in [1.54, 1.807) is 19.2 Å². The summed E-state index contributed by atoms with van der Waals surface area (Å²) in [6.45, 7) is 1.55. The van der Waals surface area contributed by atoms with Crippen LogP contribution in [0.4, 0.5) is 11.5 Å². The maximum Gasteiger partial charge on any atom is 0.254 e. The van der Waals surface area contributed by atoms with Gasteiger partial charge >= 0.3 is 0 Å². The zero-order chi connectivity index (χ0) is 31.0. The van der Waals surface area contributed by atoms with E-state index in [0.29, 0.717) is 46.6 Å². The second-order valence-corrected chi connectivity index (χ2v) is 12.7. The van der Waals surface area contributed by atoms with Gasteiger partial charge in [-0.3, -0.25) is 9.59 Å². The average Bonchev–Trinajstić information content (AvgIpc) is 3.45. The Morgan fingerprint density at radius 1 is 1.00 bits per heavy atom. The summed E-state index contributed by atoms with van der Waals surface area (Å²) < 4.78 is 10.2. The monoisotopic (exact) mass is 604 g/mol. The number of aryl methyl sites for hydroxylation is 1. The number of benzene rings is 2. The van der Waals surface area contributed by atoms with Crippen molar-refractivity contribution in [2.45, 2.75) is 44.3 Å². The zero-order valence-electron chi connectivity index (χ0n) is 25.4. The fourth-order valence-corrected chi connectivity index (χ4v) is 7.26. The van der Waals surface area contributed by atoms with Crippen molar-refractivity contribution in [1.29, 1.82) is 0 Å². The van der Waals surface area contributed by atoms with Crippen LogP contribution in [0, 0.1) is 11.8 Å². The minimum atomic E-state index is -0.461. The zero-order valence-corrected chi connectivity index (χ0v) is 25.4. The number of carbonyl (C=O) groups is 2. The van der Waals surface area contributed by atoms with Crippen molar-refractivity contribution < 1.29 is 14.3 Å². The van der Waals surface area contributed by atoms with Crippen molar-refractivity contribution in [2.75, 3.05) is 19.0 Å². The normalized spacial score (nSPS) is 20.8. The average molecular weight is 605 g/mol. The molecule has 2 bridgehead atoms. The first-order valence-electron chi connectivity index (χ1n) is 15.6. The molecule has 2 aromatic carbocycles. The first-order valence-corrected chi connectivity index (χ1v) is 15.6. The van der Waals surface area contributed by atoms with E-state index in [9.17, 15) is 9.59 Å². The second kappa shape index (κ2) is 10.3. The number of fused-ring (bicyclic) bond motifs is 4. The molecular weight excluding hydrogens is 568 g/mol. The van der Waals surface area contributed by atoms with Crippen LogP contribution >= 0.6 is 0 Å². The van der Waals surface area contributed by atoms with E-state index < -0.39 is 5.91 Å². The summed E-state index contributed by atoms with van der Waals surface area (Å²) >= 11 is 0. The van der Waals surface area contributed by atoms with Crippen LogP contribution in [-0.2, 0) is 13.6 Å². The van der Waals surface area contributed by atoms with E-state index in [2.05, 4.69) is 22.0 Å². The Kier molecular flexibility index (Phi) is 6.35. The standard InChI is InChI=1S/C34H36N8O3/c1-40-30-24(13-22(15-27(30)45-2)34(44)42-17-21-7-11-25(42)29(21)35)38-33(40)26-14-20-8-12-28(39-32(20)41(26)16-18-3-4-18)37-23-9-5-19(6-10-23)31(36)43/h5-6,8-10,12-15,18,21,25,29H,3-4,7,11,16-17,35H2,1-2H3,(H2,36,43)(H,37,39)/t21?,25?,29-/m1/s1. The highest BCUT2D eigenvalue weighted by molar-refractivity contribution is 6.00. The van der Waals surface area contributed by atoms with Crippen molar-refractivity contribution >= 4 is 45.4 Å². The largest absolute Gasteiger partial charge is 0.494 e. The van der Waals surface area contributed by atoms with Gasteiger partial charge in [0, 0.05) is 54.4 Å². The number of hydrogen-bond acceptors (Lipinski definition) is 7. The molecule has 3 fully saturated rings. The molecule has 1 aliphatic heterocycles. The number of imidazole rings is 1. The number of rotatable bonds is 8. The molecule has 230 valence electrons. The predicted octanol–water partition coefficient (Wildman–Crippen LogP) is 4.41. The van der Waals surface area contributed by atoms with Crippen LogP contribution in [0.1, 0.15) is 46.4 Å². The van der Waals surface area contributed by atoms with E-state index >= 15 is 0 Å². The number of hydrogen-bond donors (Lipinski definition) is 3.